The molecule has 0 saturated carbocycles. The third-order valence-corrected chi connectivity index (χ3v) is 3.47. The van der Waals surface area contributed by atoms with Crippen LogP contribution >= 0.6 is 11.6 Å². The van der Waals surface area contributed by atoms with Crippen molar-refractivity contribution in [2.75, 3.05) is 25.1 Å². The number of amides is 1. The minimum absolute atomic E-state index is 0.282. The Morgan fingerprint density at radius 2 is 1.59 bits per heavy atom. The first-order valence-electron chi connectivity index (χ1n) is 8.09. The summed E-state index contributed by atoms with van der Waals surface area (Å²) in [6, 6.07) is 12.6. The van der Waals surface area contributed by atoms with Crippen LogP contribution in [-0.2, 0) is 19.1 Å². The second-order valence-corrected chi connectivity index (χ2v) is 5.69. The summed E-state index contributed by atoms with van der Waals surface area (Å²) in [6.45, 7) is 1.21. The Morgan fingerprint density at radius 1 is 0.926 bits per heavy atom. The second kappa shape index (κ2) is 10.2. The van der Waals surface area contributed by atoms with Gasteiger partial charge in [0.05, 0.1) is 12.2 Å². The smallest absolute Gasteiger partial charge is 0.344 e. The first kappa shape index (κ1) is 20.3. The Kier molecular flexibility index (Phi) is 7.63. The second-order valence-electron chi connectivity index (χ2n) is 5.25. The zero-order chi connectivity index (χ0) is 19.6. The summed E-state index contributed by atoms with van der Waals surface area (Å²) in [4.78, 5) is 35.0. The van der Waals surface area contributed by atoms with Gasteiger partial charge in [-0.3, -0.25) is 4.79 Å². The molecule has 0 saturated heterocycles. The molecule has 2 rings (SSSR count). The van der Waals surface area contributed by atoms with Crippen LogP contribution in [0.5, 0.6) is 5.75 Å². The third kappa shape index (κ3) is 6.99. The van der Waals surface area contributed by atoms with Crippen LogP contribution in [0, 0.1) is 0 Å². The average Bonchev–Trinajstić information content (AvgIpc) is 2.66. The summed E-state index contributed by atoms with van der Waals surface area (Å²) in [6.07, 6.45) is 0. The van der Waals surface area contributed by atoms with E-state index in [1.54, 1.807) is 43.3 Å². The normalized spacial score (nSPS) is 10.0. The van der Waals surface area contributed by atoms with E-state index in [-0.39, 0.29) is 13.2 Å². The fourth-order valence-corrected chi connectivity index (χ4v) is 2.09. The molecule has 0 spiro atoms. The molecule has 7 nitrogen and oxygen atoms in total. The molecule has 8 heteroatoms. The number of rotatable bonds is 8. The van der Waals surface area contributed by atoms with Crippen molar-refractivity contribution in [1.82, 2.24) is 0 Å². The number of anilines is 1. The summed E-state index contributed by atoms with van der Waals surface area (Å²) in [5, 5.41) is 3.10. The fourth-order valence-electron chi connectivity index (χ4n) is 1.96. The zero-order valence-electron chi connectivity index (χ0n) is 14.6. The van der Waals surface area contributed by atoms with Gasteiger partial charge in [-0.05, 0) is 55.5 Å². The van der Waals surface area contributed by atoms with Gasteiger partial charge in [0.2, 0.25) is 0 Å². The van der Waals surface area contributed by atoms with E-state index in [1.165, 1.54) is 12.1 Å². The molecule has 0 bridgehead atoms. The van der Waals surface area contributed by atoms with Crippen LogP contribution in [0.25, 0.3) is 0 Å². The number of hydrogen-bond acceptors (Lipinski definition) is 6. The first-order chi connectivity index (χ1) is 13.0. The minimum atomic E-state index is -0.683. The number of benzene rings is 2. The summed E-state index contributed by atoms with van der Waals surface area (Å²) in [7, 11) is 0. The van der Waals surface area contributed by atoms with E-state index >= 15 is 0 Å². The highest BCUT2D eigenvalue weighted by atomic mass is 35.5. The van der Waals surface area contributed by atoms with Crippen LogP contribution in [0.3, 0.4) is 0 Å². The molecule has 0 unspecified atom stereocenters. The number of hydrogen-bond donors (Lipinski definition) is 1. The van der Waals surface area contributed by atoms with Crippen LogP contribution < -0.4 is 10.1 Å². The molecule has 0 atom stereocenters. The predicted octanol–water partition coefficient (Wildman–Crippen LogP) is 3.08. The Morgan fingerprint density at radius 3 is 2.22 bits per heavy atom. The number of nitrogens with one attached hydrogen (secondary N) is 1. The maximum absolute atomic E-state index is 11.8. The van der Waals surface area contributed by atoms with Crippen molar-refractivity contribution in [3.63, 3.8) is 0 Å². The predicted molar refractivity (Wildman–Crippen MR) is 98.9 cm³/mol. The van der Waals surface area contributed by atoms with Gasteiger partial charge in [0.1, 0.15) is 5.75 Å². The lowest BCUT2D eigenvalue weighted by atomic mass is 10.2. The van der Waals surface area contributed by atoms with Gasteiger partial charge in [0.25, 0.3) is 5.91 Å². The largest absolute Gasteiger partial charge is 0.482 e. The number of carbonyl (C=O) groups is 3. The van der Waals surface area contributed by atoms with Gasteiger partial charge in [-0.2, -0.15) is 0 Å². The molecule has 142 valence electrons. The SMILES string of the molecule is CCOC(=O)c1ccc(NC(=O)COC(=O)COc2ccc(Cl)cc2)cc1. The van der Waals surface area contributed by atoms with Crippen LogP contribution in [0.15, 0.2) is 48.5 Å². The van der Waals surface area contributed by atoms with Gasteiger partial charge in [0, 0.05) is 10.7 Å². The van der Waals surface area contributed by atoms with E-state index in [2.05, 4.69) is 5.32 Å². The first-order valence-corrected chi connectivity index (χ1v) is 8.46. The van der Waals surface area contributed by atoms with Gasteiger partial charge in [-0.15, -0.1) is 0 Å². The molecular weight excluding hydrogens is 374 g/mol. The maximum Gasteiger partial charge on any atom is 0.344 e. The Hall–Kier alpha value is -3.06. The van der Waals surface area contributed by atoms with Crippen LogP contribution in [0.4, 0.5) is 5.69 Å². The van der Waals surface area contributed by atoms with Gasteiger partial charge < -0.3 is 19.5 Å². The van der Waals surface area contributed by atoms with Gasteiger partial charge in [-0.1, -0.05) is 11.6 Å². The molecule has 1 amide bonds. The van der Waals surface area contributed by atoms with Crippen molar-refractivity contribution in [2.24, 2.45) is 0 Å². The van der Waals surface area contributed by atoms with Crippen LogP contribution in [0.2, 0.25) is 5.02 Å². The Labute approximate surface area is 161 Å². The average molecular weight is 392 g/mol. The van der Waals surface area contributed by atoms with E-state index in [0.29, 0.717) is 22.0 Å². The zero-order valence-corrected chi connectivity index (χ0v) is 15.3. The van der Waals surface area contributed by atoms with Crippen molar-refractivity contribution in [3.8, 4) is 5.75 Å². The minimum Gasteiger partial charge on any atom is -0.482 e. The van der Waals surface area contributed by atoms with Crippen molar-refractivity contribution in [3.05, 3.63) is 59.1 Å². The maximum atomic E-state index is 11.8. The molecule has 0 aliphatic rings. The van der Waals surface area contributed by atoms with Crippen molar-refractivity contribution in [2.45, 2.75) is 6.92 Å². The lowest BCUT2D eigenvalue weighted by molar-refractivity contribution is -0.149. The van der Waals surface area contributed by atoms with E-state index in [9.17, 15) is 14.4 Å². The van der Waals surface area contributed by atoms with Crippen LogP contribution in [-0.4, -0.2) is 37.7 Å². The highest BCUT2D eigenvalue weighted by molar-refractivity contribution is 6.30. The van der Waals surface area contributed by atoms with Gasteiger partial charge in [-0.25, -0.2) is 9.59 Å². The molecular formula is C19H18ClNO6. The Balaban J connectivity index is 1.72. The number of esters is 2. The van der Waals surface area contributed by atoms with Crippen molar-refractivity contribution >= 4 is 35.1 Å². The van der Waals surface area contributed by atoms with Gasteiger partial charge >= 0.3 is 11.9 Å². The molecule has 0 aliphatic carbocycles. The summed E-state index contributed by atoms with van der Waals surface area (Å²) in [5.74, 6) is -1.18. The Bertz CT molecular complexity index is 789. The molecule has 1 N–H and O–H groups in total. The molecule has 0 aliphatic heterocycles. The van der Waals surface area contributed by atoms with E-state index in [4.69, 9.17) is 25.8 Å². The fraction of sp³-hybridized carbons (Fsp3) is 0.211. The molecule has 0 heterocycles. The number of carbonyl (C=O) groups excluding carboxylic acids is 3. The van der Waals surface area contributed by atoms with Gasteiger partial charge in [0.15, 0.2) is 13.2 Å². The summed E-state index contributed by atoms with van der Waals surface area (Å²) < 4.78 is 14.9. The standard InChI is InChI=1S/C19H18ClNO6/c1-2-25-19(24)13-3-7-15(8-4-13)21-17(22)11-27-18(23)12-26-16-9-5-14(20)6-10-16/h3-10H,2,11-12H2,1H3,(H,21,22). The third-order valence-electron chi connectivity index (χ3n) is 3.21. The molecule has 0 aromatic heterocycles. The lowest BCUT2D eigenvalue weighted by Gasteiger charge is -2.08. The topological polar surface area (TPSA) is 90.9 Å². The van der Waals surface area contributed by atoms with Crippen molar-refractivity contribution < 1.29 is 28.6 Å². The molecule has 0 fully saturated rings. The monoisotopic (exact) mass is 391 g/mol. The quantitative estimate of drug-likeness (QED) is 0.695. The molecule has 2 aromatic rings. The molecule has 2 aromatic carbocycles. The molecule has 27 heavy (non-hydrogen) atoms. The highest BCUT2D eigenvalue weighted by Gasteiger charge is 2.10. The summed E-state index contributed by atoms with van der Waals surface area (Å²) >= 11 is 5.75. The molecule has 0 radical (unpaired) electrons. The highest BCUT2D eigenvalue weighted by Crippen LogP contribution is 2.15. The number of ether oxygens (including phenoxy) is 3. The van der Waals surface area contributed by atoms with E-state index < -0.39 is 24.5 Å². The van der Waals surface area contributed by atoms with E-state index in [0.717, 1.165) is 0 Å². The number of halogens is 1. The van der Waals surface area contributed by atoms with Crippen molar-refractivity contribution in [1.29, 1.82) is 0 Å². The van der Waals surface area contributed by atoms with E-state index in [1.807, 2.05) is 0 Å². The lowest BCUT2D eigenvalue weighted by Crippen LogP contribution is -2.23. The summed E-state index contributed by atoms with van der Waals surface area (Å²) in [5.41, 5.74) is 0.835. The van der Waals surface area contributed by atoms with Crippen LogP contribution in [0.1, 0.15) is 17.3 Å².